The van der Waals surface area contributed by atoms with Gasteiger partial charge >= 0.3 is 5.97 Å². The molecule has 0 aliphatic heterocycles. The number of hydrogen-bond acceptors (Lipinski definition) is 4. The van der Waals surface area contributed by atoms with E-state index in [0.29, 0.717) is 11.3 Å². The van der Waals surface area contributed by atoms with Crippen molar-refractivity contribution in [3.05, 3.63) is 65.7 Å². The summed E-state index contributed by atoms with van der Waals surface area (Å²) < 4.78 is 18.9. The van der Waals surface area contributed by atoms with Gasteiger partial charge in [0.15, 0.2) is 0 Å². The summed E-state index contributed by atoms with van der Waals surface area (Å²) >= 11 is 0. The van der Waals surface area contributed by atoms with Crippen molar-refractivity contribution in [2.75, 3.05) is 0 Å². The fraction of sp³-hybridized carbons (Fsp3) is 0.0625. The molecule has 0 aliphatic carbocycles. The van der Waals surface area contributed by atoms with Gasteiger partial charge in [-0.15, -0.1) is 0 Å². The number of aromatic carboxylic acids is 1. The van der Waals surface area contributed by atoms with E-state index in [4.69, 9.17) is 9.84 Å². The van der Waals surface area contributed by atoms with E-state index < -0.39 is 11.8 Å². The molecule has 1 aromatic carbocycles. The van der Waals surface area contributed by atoms with Gasteiger partial charge in [0, 0.05) is 6.20 Å². The van der Waals surface area contributed by atoms with Gasteiger partial charge in [-0.05, 0) is 35.9 Å². The van der Waals surface area contributed by atoms with E-state index in [1.165, 1.54) is 12.1 Å². The van der Waals surface area contributed by atoms with Crippen molar-refractivity contribution in [2.45, 2.75) is 6.61 Å². The Morgan fingerprint density at radius 3 is 2.78 bits per heavy atom. The number of ether oxygens (including phenoxy) is 1. The zero-order valence-electron chi connectivity index (χ0n) is 11.9. The maximum Gasteiger partial charge on any atom is 0.338 e. The summed E-state index contributed by atoms with van der Waals surface area (Å²) in [5, 5.41) is 15.6. The molecule has 0 bridgehead atoms. The highest BCUT2D eigenvalue weighted by molar-refractivity contribution is 5.88. The lowest BCUT2D eigenvalue weighted by atomic mass is 10.1. The first-order valence-corrected chi connectivity index (χ1v) is 6.74. The highest BCUT2D eigenvalue weighted by Gasteiger charge is 2.11. The van der Waals surface area contributed by atoms with Crippen molar-refractivity contribution in [3.63, 3.8) is 0 Å². The summed E-state index contributed by atoms with van der Waals surface area (Å²) in [5.74, 6) is -1.56. The van der Waals surface area contributed by atoms with Crippen LogP contribution in [-0.2, 0) is 6.61 Å². The number of H-pyrrole nitrogens is 1. The zero-order chi connectivity index (χ0) is 16.2. The minimum atomic E-state index is -1.31. The maximum absolute atomic E-state index is 13.3. The molecule has 3 aromatic rings. The summed E-state index contributed by atoms with van der Waals surface area (Å²) in [4.78, 5) is 15.1. The van der Waals surface area contributed by atoms with Crippen LogP contribution in [-0.4, -0.2) is 26.3 Å². The normalized spacial score (nSPS) is 10.5. The second kappa shape index (κ2) is 6.27. The van der Waals surface area contributed by atoms with Gasteiger partial charge < -0.3 is 9.84 Å². The minimum Gasteiger partial charge on any atom is -0.487 e. The maximum atomic E-state index is 13.3. The number of pyridine rings is 1. The molecule has 0 spiro atoms. The number of carbonyl (C=O) groups is 1. The van der Waals surface area contributed by atoms with Crippen molar-refractivity contribution in [3.8, 4) is 17.1 Å². The Morgan fingerprint density at radius 2 is 2.13 bits per heavy atom. The quantitative estimate of drug-likeness (QED) is 0.756. The molecule has 7 heteroatoms. The summed E-state index contributed by atoms with van der Waals surface area (Å²) in [7, 11) is 0. The molecule has 0 aliphatic rings. The Balaban J connectivity index is 1.69. The molecule has 3 rings (SSSR count). The van der Waals surface area contributed by atoms with Gasteiger partial charge in [0.25, 0.3) is 0 Å². The molecule has 0 unspecified atom stereocenters. The molecule has 23 heavy (non-hydrogen) atoms. The lowest BCUT2D eigenvalue weighted by Gasteiger charge is -2.07. The minimum absolute atomic E-state index is 0.117. The number of hydrogen-bond donors (Lipinski definition) is 2. The van der Waals surface area contributed by atoms with Crippen LogP contribution in [0, 0.1) is 5.82 Å². The standard InChI is InChI=1S/C16H12FN3O3/c17-13-3-1-10(7-12(13)16(21)22)9-23-11-2-4-14(18-8-11)15-5-6-19-20-15/h1-8H,9H2,(H,19,20)(H,21,22). The third kappa shape index (κ3) is 3.34. The molecule has 0 atom stereocenters. The van der Waals surface area contributed by atoms with Gasteiger partial charge in [-0.3, -0.25) is 10.1 Å². The average Bonchev–Trinajstić information content (AvgIpc) is 3.09. The summed E-state index contributed by atoms with van der Waals surface area (Å²) in [6, 6.07) is 9.16. The second-order valence-corrected chi connectivity index (χ2v) is 4.76. The molecule has 6 nitrogen and oxygen atoms in total. The molecule has 2 aromatic heterocycles. The summed E-state index contributed by atoms with van der Waals surface area (Å²) in [5.41, 5.74) is 1.70. The Kier molecular flexibility index (Phi) is 4.01. The lowest BCUT2D eigenvalue weighted by Crippen LogP contribution is -2.03. The van der Waals surface area contributed by atoms with E-state index in [-0.39, 0.29) is 12.2 Å². The van der Waals surface area contributed by atoms with Crippen LogP contribution in [0.3, 0.4) is 0 Å². The van der Waals surface area contributed by atoms with E-state index >= 15 is 0 Å². The molecule has 0 fully saturated rings. The molecule has 0 amide bonds. The Morgan fingerprint density at radius 1 is 1.26 bits per heavy atom. The van der Waals surface area contributed by atoms with Gasteiger partial charge in [-0.2, -0.15) is 5.10 Å². The zero-order valence-corrected chi connectivity index (χ0v) is 11.9. The number of aromatic amines is 1. The van der Waals surface area contributed by atoms with Crippen molar-refractivity contribution in [1.29, 1.82) is 0 Å². The molecular weight excluding hydrogens is 301 g/mol. The molecule has 0 saturated heterocycles. The summed E-state index contributed by atoms with van der Waals surface area (Å²) in [6.07, 6.45) is 3.19. The first-order valence-electron chi connectivity index (χ1n) is 6.74. The Hall–Kier alpha value is -3.22. The first kappa shape index (κ1) is 14.7. The van der Waals surface area contributed by atoms with E-state index in [2.05, 4.69) is 15.2 Å². The molecule has 0 radical (unpaired) electrons. The number of aromatic nitrogens is 3. The number of rotatable bonds is 5. The topological polar surface area (TPSA) is 88.1 Å². The molecular formula is C16H12FN3O3. The Labute approximate surface area is 130 Å². The number of carboxylic acid groups (broad SMARTS) is 1. The third-order valence-electron chi connectivity index (χ3n) is 3.18. The van der Waals surface area contributed by atoms with Crippen LogP contribution in [0.1, 0.15) is 15.9 Å². The van der Waals surface area contributed by atoms with Crippen LogP contribution < -0.4 is 4.74 Å². The monoisotopic (exact) mass is 313 g/mol. The van der Waals surface area contributed by atoms with Crippen LogP contribution in [0.2, 0.25) is 0 Å². The number of halogens is 1. The van der Waals surface area contributed by atoms with Crippen LogP contribution in [0.4, 0.5) is 4.39 Å². The fourth-order valence-corrected chi connectivity index (χ4v) is 2.02. The number of benzene rings is 1. The largest absolute Gasteiger partial charge is 0.487 e. The van der Waals surface area contributed by atoms with Gasteiger partial charge in [0.1, 0.15) is 18.2 Å². The predicted molar refractivity (Wildman–Crippen MR) is 79.5 cm³/mol. The highest BCUT2D eigenvalue weighted by atomic mass is 19.1. The Bertz CT molecular complexity index is 817. The predicted octanol–water partition coefficient (Wildman–Crippen LogP) is 2.89. The van der Waals surface area contributed by atoms with Gasteiger partial charge in [0.05, 0.1) is 23.1 Å². The van der Waals surface area contributed by atoms with Crippen LogP contribution in [0.25, 0.3) is 11.4 Å². The van der Waals surface area contributed by atoms with E-state index in [1.54, 1.807) is 30.6 Å². The van der Waals surface area contributed by atoms with E-state index in [9.17, 15) is 9.18 Å². The van der Waals surface area contributed by atoms with Gasteiger partial charge in [0.2, 0.25) is 0 Å². The highest BCUT2D eigenvalue weighted by Crippen LogP contribution is 2.18. The van der Waals surface area contributed by atoms with Crippen molar-refractivity contribution in [1.82, 2.24) is 15.2 Å². The second-order valence-electron chi connectivity index (χ2n) is 4.76. The van der Waals surface area contributed by atoms with E-state index in [1.807, 2.05) is 0 Å². The van der Waals surface area contributed by atoms with Crippen molar-refractivity contribution in [2.24, 2.45) is 0 Å². The molecule has 0 saturated carbocycles. The average molecular weight is 313 g/mol. The first-order chi connectivity index (χ1) is 11.1. The number of nitrogens with one attached hydrogen (secondary N) is 1. The number of nitrogens with zero attached hydrogens (tertiary/aromatic N) is 2. The van der Waals surface area contributed by atoms with Crippen LogP contribution in [0.5, 0.6) is 5.75 Å². The van der Waals surface area contributed by atoms with Gasteiger partial charge in [-0.25, -0.2) is 9.18 Å². The third-order valence-corrected chi connectivity index (χ3v) is 3.18. The lowest BCUT2D eigenvalue weighted by molar-refractivity contribution is 0.0691. The van der Waals surface area contributed by atoms with Crippen molar-refractivity contribution < 1.29 is 19.0 Å². The summed E-state index contributed by atoms with van der Waals surface area (Å²) in [6.45, 7) is 0.117. The van der Waals surface area contributed by atoms with Crippen molar-refractivity contribution >= 4 is 5.97 Å². The smallest absolute Gasteiger partial charge is 0.338 e. The molecule has 116 valence electrons. The fourth-order valence-electron chi connectivity index (χ4n) is 2.02. The van der Waals surface area contributed by atoms with Crippen LogP contribution >= 0.6 is 0 Å². The number of carboxylic acids is 1. The molecule has 2 N–H and O–H groups in total. The van der Waals surface area contributed by atoms with Gasteiger partial charge in [-0.1, -0.05) is 6.07 Å². The SMILES string of the molecule is O=C(O)c1cc(COc2ccc(-c3ccn[nH]3)nc2)ccc1F. The van der Waals surface area contributed by atoms with Crippen LogP contribution in [0.15, 0.2) is 48.8 Å². The molecule has 2 heterocycles. The van der Waals surface area contributed by atoms with E-state index in [0.717, 1.165) is 17.5 Å².